The quantitative estimate of drug-likeness (QED) is 0.315. The zero-order chi connectivity index (χ0) is 22.0. The molecule has 0 aliphatic rings. The maximum absolute atomic E-state index is 12.4. The molecule has 0 saturated heterocycles. The normalized spacial score (nSPS) is 11.6. The molecule has 4 rings (SSSR count). The lowest BCUT2D eigenvalue weighted by Gasteiger charge is -2.09. The lowest BCUT2D eigenvalue weighted by atomic mass is 10.1. The number of thioether (sulfide) groups is 1. The molecule has 4 aromatic rings. The van der Waals surface area contributed by atoms with E-state index in [9.17, 15) is 18.0 Å². The van der Waals surface area contributed by atoms with Gasteiger partial charge in [-0.25, -0.2) is 4.79 Å². The van der Waals surface area contributed by atoms with Gasteiger partial charge in [-0.05, 0) is 60.6 Å². The Bertz CT molecular complexity index is 1210. The molecule has 0 bridgehead atoms. The minimum Gasteiger partial charge on any atom is -0.359 e. The maximum Gasteiger partial charge on any atom is 0.446 e. The van der Waals surface area contributed by atoms with Crippen LogP contribution in [0.25, 0.3) is 22.0 Å². The minimum absolute atomic E-state index is 0.0500. The van der Waals surface area contributed by atoms with Gasteiger partial charge in [0.2, 0.25) is 0 Å². The van der Waals surface area contributed by atoms with Crippen LogP contribution in [0.2, 0.25) is 0 Å². The fourth-order valence-electron chi connectivity index (χ4n) is 3.11. The fraction of sp³-hybridized carbons (Fsp3) is 0.143. The van der Waals surface area contributed by atoms with Crippen molar-refractivity contribution < 1.29 is 18.0 Å². The number of benzene rings is 2. The largest absolute Gasteiger partial charge is 0.446 e. The predicted molar refractivity (Wildman–Crippen MR) is 116 cm³/mol. The average molecular weight is 445 g/mol. The number of nitrogens with zero attached hydrogens (tertiary/aromatic N) is 2. The highest BCUT2D eigenvalue weighted by Gasteiger charge is 2.29. The number of carbonyl (C=O) groups is 1. The number of fused-ring (bicyclic) bond motifs is 1. The van der Waals surface area contributed by atoms with Crippen molar-refractivity contribution in [3.05, 3.63) is 61.1 Å². The first-order chi connectivity index (χ1) is 14.8. The summed E-state index contributed by atoms with van der Waals surface area (Å²) in [4.78, 5) is 15.6. The summed E-state index contributed by atoms with van der Waals surface area (Å²) >= 11 is -0.203. The Morgan fingerprint density at radius 2 is 1.90 bits per heavy atom. The molecule has 0 fully saturated rings. The third kappa shape index (κ3) is 5.02. The molecule has 3 N–H and O–H groups in total. The molecule has 0 aliphatic heterocycles. The topological polar surface area (TPSA) is 74.7 Å². The summed E-state index contributed by atoms with van der Waals surface area (Å²) in [7, 11) is 0. The molecule has 0 aliphatic carbocycles. The number of nitrogens with one attached hydrogen (secondary N) is 3. The number of aromatic amines is 1. The van der Waals surface area contributed by atoms with Crippen molar-refractivity contribution in [3.63, 3.8) is 0 Å². The molecule has 0 atom stereocenters. The first kappa shape index (κ1) is 20.9. The van der Waals surface area contributed by atoms with E-state index in [2.05, 4.69) is 20.7 Å². The van der Waals surface area contributed by atoms with Crippen LogP contribution < -0.4 is 10.6 Å². The number of alkyl halides is 3. The number of carbonyl (C=O) groups excluding carboxylic acids is 1. The summed E-state index contributed by atoms with van der Waals surface area (Å²) in [5.74, 6) is 0. The maximum atomic E-state index is 12.4. The zero-order valence-corrected chi connectivity index (χ0v) is 17.1. The Balaban J connectivity index is 1.47. The van der Waals surface area contributed by atoms with Gasteiger partial charge in [0.25, 0.3) is 0 Å². The molecule has 0 spiro atoms. The highest BCUT2D eigenvalue weighted by Crippen LogP contribution is 2.37. The highest BCUT2D eigenvalue weighted by molar-refractivity contribution is 8.00. The molecule has 0 unspecified atom stereocenters. The molecule has 6 nitrogen and oxygen atoms in total. The number of hydrogen-bond donors (Lipinski definition) is 3. The van der Waals surface area contributed by atoms with E-state index in [4.69, 9.17) is 0 Å². The smallest absolute Gasteiger partial charge is 0.359 e. The van der Waals surface area contributed by atoms with Crippen LogP contribution in [0.1, 0.15) is 6.92 Å². The number of amides is 2. The van der Waals surface area contributed by atoms with E-state index in [1.54, 1.807) is 12.4 Å². The van der Waals surface area contributed by atoms with E-state index in [0.717, 1.165) is 28.6 Å². The van der Waals surface area contributed by atoms with Crippen LogP contribution in [0.5, 0.6) is 0 Å². The van der Waals surface area contributed by atoms with Gasteiger partial charge in [0, 0.05) is 46.0 Å². The Hall–Kier alpha value is -3.40. The number of rotatable bonds is 5. The molecule has 10 heteroatoms. The number of aryl methyl sites for hydroxylation is 1. The number of H-pyrrole nitrogens is 1. The Labute approximate surface area is 179 Å². The van der Waals surface area contributed by atoms with Crippen molar-refractivity contribution in [3.8, 4) is 11.1 Å². The number of anilines is 2. The summed E-state index contributed by atoms with van der Waals surface area (Å²) in [6.07, 6.45) is 5.43. The molecule has 160 valence electrons. The van der Waals surface area contributed by atoms with Gasteiger partial charge in [0.15, 0.2) is 0 Å². The number of halogens is 3. The van der Waals surface area contributed by atoms with Crippen LogP contribution in [-0.4, -0.2) is 26.3 Å². The molecule has 2 amide bonds. The number of aromatic nitrogens is 3. The second-order valence-corrected chi connectivity index (χ2v) is 7.84. The van der Waals surface area contributed by atoms with Gasteiger partial charge in [-0.1, -0.05) is 6.07 Å². The Morgan fingerprint density at radius 3 is 2.58 bits per heavy atom. The molecule has 0 saturated carbocycles. The Morgan fingerprint density at radius 1 is 1.13 bits per heavy atom. The molecule has 2 aromatic carbocycles. The van der Waals surface area contributed by atoms with Crippen molar-refractivity contribution in [2.75, 3.05) is 10.6 Å². The average Bonchev–Trinajstić information content (AvgIpc) is 3.35. The summed E-state index contributed by atoms with van der Waals surface area (Å²) in [5.41, 5.74) is -0.589. The lowest BCUT2D eigenvalue weighted by Crippen LogP contribution is -2.19. The van der Waals surface area contributed by atoms with Crippen molar-refractivity contribution in [2.24, 2.45) is 0 Å². The molecule has 0 radical (unpaired) electrons. The van der Waals surface area contributed by atoms with Crippen molar-refractivity contribution in [1.82, 2.24) is 14.8 Å². The summed E-state index contributed by atoms with van der Waals surface area (Å²) in [6.45, 7) is 2.78. The van der Waals surface area contributed by atoms with E-state index in [0.29, 0.717) is 11.4 Å². The third-order valence-electron chi connectivity index (χ3n) is 4.57. The van der Waals surface area contributed by atoms with Gasteiger partial charge in [-0.2, -0.15) is 18.3 Å². The van der Waals surface area contributed by atoms with E-state index in [-0.39, 0.29) is 16.7 Å². The molecule has 2 heterocycles. The van der Waals surface area contributed by atoms with Crippen LogP contribution >= 0.6 is 11.8 Å². The predicted octanol–water partition coefficient (Wildman–Crippen LogP) is 6.31. The van der Waals surface area contributed by atoms with Crippen LogP contribution in [0, 0.1) is 0 Å². The summed E-state index contributed by atoms with van der Waals surface area (Å²) in [5, 5.41) is 10.5. The van der Waals surface area contributed by atoms with E-state index in [1.807, 2.05) is 36.0 Å². The second-order valence-electron chi connectivity index (χ2n) is 6.70. The molecular formula is C21H18F3N5OS. The van der Waals surface area contributed by atoms with Crippen LogP contribution in [0.15, 0.2) is 66.0 Å². The standard InChI is InChI=1S/C21H18F3N5OS/c1-2-29-12-14(10-26-29)13-3-8-18-17(9-13)19(11-25-18)28-20(30)27-15-4-6-16(7-5-15)31-21(22,23)24/h3-12,25H,2H2,1H3,(H2,27,28,30). The van der Waals surface area contributed by atoms with Crippen LogP contribution in [-0.2, 0) is 6.54 Å². The van der Waals surface area contributed by atoms with E-state index in [1.165, 1.54) is 24.3 Å². The first-order valence-electron chi connectivity index (χ1n) is 9.38. The highest BCUT2D eigenvalue weighted by atomic mass is 32.2. The molecule has 2 aromatic heterocycles. The summed E-state index contributed by atoms with van der Waals surface area (Å²) < 4.78 is 39.1. The number of hydrogen-bond acceptors (Lipinski definition) is 3. The van der Waals surface area contributed by atoms with Gasteiger partial charge < -0.3 is 15.6 Å². The molecular weight excluding hydrogens is 427 g/mol. The van der Waals surface area contributed by atoms with Gasteiger partial charge in [0.05, 0.1) is 11.9 Å². The van der Waals surface area contributed by atoms with Gasteiger partial charge in [-0.15, -0.1) is 0 Å². The second kappa shape index (κ2) is 8.38. The fourth-order valence-corrected chi connectivity index (χ4v) is 3.65. The monoisotopic (exact) mass is 445 g/mol. The van der Waals surface area contributed by atoms with E-state index < -0.39 is 11.5 Å². The third-order valence-corrected chi connectivity index (χ3v) is 5.31. The van der Waals surface area contributed by atoms with Crippen molar-refractivity contribution in [1.29, 1.82) is 0 Å². The van der Waals surface area contributed by atoms with Crippen LogP contribution in [0.3, 0.4) is 0 Å². The number of urea groups is 1. The van der Waals surface area contributed by atoms with Crippen molar-refractivity contribution >= 4 is 40.1 Å². The first-order valence-corrected chi connectivity index (χ1v) is 10.2. The summed E-state index contributed by atoms with van der Waals surface area (Å²) in [6, 6.07) is 10.8. The van der Waals surface area contributed by atoms with Gasteiger partial charge in [0.1, 0.15) is 0 Å². The lowest BCUT2D eigenvalue weighted by molar-refractivity contribution is -0.0328. The molecule has 31 heavy (non-hydrogen) atoms. The van der Waals surface area contributed by atoms with E-state index >= 15 is 0 Å². The minimum atomic E-state index is -4.35. The zero-order valence-electron chi connectivity index (χ0n) is 16.3. The van der Waals surface area contributed by atoms with Crippen LogP contribution in [0.4, 0.5) is 29.3 Å². The van der Waals surface area contributed by atoms with Crippen molar-refractivity contribution in [2.45, 2.75) is 23.9 Å². The van der Waals surface area contributed by atoms with Gasteiger partial charge >= 0.3 is 11.5 Å². The SMILES string of the molecule is CCn1cc(-c2ccc3[nH]cc(NC(=O)Nc4ccc(SC(F)(F)F)cc4)c3c2)cn1. The van der Waals surface area contributed by atoms with Gasteiger partial charge in [-0.3, -0.25) is 4.68 Å². The Kier molecular flexibility index (Phi) is 5.64.